The van der Waals surface area contributed by atoms with E-state index in [0.29, 0.717) is 32.7 Å². The number of hydrogen-bond acceptors (Lipinski definition) is 4. The monoisotopic (exact) mass is 292 g/mol. The van der Waals surface area contributed by atoms with Crippen LogP contribution in [-0.4, -0.2) is 75.2 Å². The Kier molecular flexibility index (Phi) is 6.02. The van der Waals surface area contributed by atoms with Crippen molar-refractivity contribution in [3.8, 4) is 0 Å². The van der Waals surface area contributed by atoms with Gasteiger partial charge in [0.15, 0.2) is 0 Å². The van der Waals surface area contributed by atoms with Gasteiger partial charge in [-0.1, -0.05) is 0 Å². The van der Waals surface area contributed by atoms with Gasteiger partial charge >= 0.3 is 6.03 Å². The molecule has 0 aromatic carbocycles. The molecule has 1 rings (SSSR count). The van der Waals surface area contributed by atoms with E-state index in [1.54, 1.807) is 0 Å². The molecule has 0 aliphatic carbocycles. The Labute approximate surface area is 115 Å². The lowest BCUT2D eigenvalue weighted by Crippen LogP contribution is -2.50. The summed E-state index contributed by atoms with van der Waals surface area (Å²) in [4.78, 5) is 13.5. The van der Waals surface area contributed by atoms with E-state index in [9.17, 15) is 13.2 Å². The molecule has 1 aliphatic heterocycles. The molecule has 1 heterocycles. The maximum Gasteiger partial charge on any atom is 0.315 e. The van der Waals surface area contributed by atoms with Crippen molar-refractivity contribution in [3.05, 3.63) is 0 Å². The molecule has 112 valence electrons. The fraction of sp³-hybridized carbons (Fsp3) is 0.909. The van der Waals surface area contributed by atoms with Crippen LogP contribution >= 0.6 is 0 Å². The van der Waals surface area contributed by atoms with Gasteiger partial charge in [0.2, 0.25) is 10.0 Å². The summed E-state index contributed by atoms with van der Waals surface area (Å²) in [5, 5.41) is 5.53. The molecule has 2 N–H and O–H groups in total. The van der Waals surface area contributed by atoms with E-state index >= 15 is 0 Å². The number of nitrogens with zero attached hydrogens (tertiary/aromatic N) is 2. The van der Waals surface area contributed by atoms with Crippen LogP contribution in [0, 0.1) is 0 Å². The van der Waals surface area contributed by atoms with Crippen LogP contribution in [0.25, 0.3) is 0 Å². The first kappa shape index (κ1) is 16.2. The fourth-order valence-corrected chi connectivity index (χ4v) is 2.75. The molecule has 19 heavy (non-hydrogen) atoms. The minimum absolute atomic E-state index is 0.123. The number of carbonyl (C=O) groups is 1. The van der Waals surface area contributed by atoms with Gasteiger partial charge in [-0.2, -0.15) is 4.31 Å². The number of amides is 2. The fourth-order valence-electron chi connectivity index (χ4n) is 1.93. The first-order valence-electron chi connectivity index (χ1n) is 6.51. The molecule has 0 aromatic heterocycles. The van der Waals surface area contributed by atoms with Crippen LogP contribution in [0.3, 0.4) is 0 Å². The Morgan fingerprint density at radius 1 is 1.21 bits per heavy atom. The predicted octanol–water partition coefficient (Wildman–Crippen LogP) is -0.729. The molecule has 0 radical (unpaired) electrons. The second-order valence-electron chi connectivity index (χ2n) is 5.06. The normalized spacial score (nSPS) is 18.5. The zero-order chi connectivity index (χ0) is 14.5. The minimum atomic E-state index is -3.07. The molecular weight excluding hydrogens is 268 g/mol. The lowest BCUT2D eigenvalue weighted by atomic mass is 10.3. The Bertz CT molecular complexity index is 389. The molecule has 0 bridgehead atoms. The summed E-state index contributed by atoms with van der Waals surface area (Å²) in [5.74, 6) is 0. The molecule has 1 aliphatic rings. The lowest BCUT2D eigenvalue weighted by molar-refractivity contribution is 0.188. The van der Waals surface area contributed by atoms with Crippen LogP contribution < -0.4 is 10.6 Å². The lowest BCUT2D eigenvalue weighted by Gasteiger charge is -2.33. The molecule has 1 fully saturated rings. The number of piperazine rings is 1. The van der Waals surface area contributed by atoms with Crippen molar-refractivity contribution in [1.29, 1.82) is 0 Å². The molecular formula is C11H24N4O3S. The van der Waals surface area contributed by atoms with Gasteiger partial charge in [-0.15, -0.1) is 0 Å². The first-order valence-corrected chi connectivity index (χ1v) is 8.35. The number of rotatable bonds is 5. The topological polar surface area (TPSA) is 81.8 Å². The van der Waals surface area contributed by atoms with Crippen LogP contribution in [0.5, 0.6) is 0 Å². The maximum atomic E-state index is 11.4. The highest BCUT2D eigenvalue weighted by Crippen LogP contribution is 2.04. The molecule has 0 saturated carbocycles. The minimum Gasteiger partial charge on any atom is -0.337 e. The smallest absolute Gasteiger partial charge is 0.315 e. The zero-order valence-corrected chi connectivity index (χ0v) is 12.7. The third-order valence-corrected chi connectivity index (χ3v) is 4.24. The highest BCUT2D eigenvalue weighted by atomic mass is 32.2. The molecule has 1 saturated heterocycles. The molecule has 8 heteroatoms. The Morgan fingerprint density at radius 3 is 2.26 bits per heavy atom. The molecule has 0 aromatic rings. The average Bonchev–Trinajstić information content (AvgIpc) is 2.27. The predicted molar refractivity (Wildman–Crippen MR) is 74.5 cm³/mol. The Hall–Kier alpha value is -0.860. The number of nitrogens with one attached hydrogen (secondary N) is 2. The number of sulfonamides is 1. The first-order chi connectivity index (χ1) is 8.79. The molecule has 2 amide bonds. The summed E-state index contributed by atoms with van der Waals surface area (Å²) in [7, 11) is -3.07. The SMILES string of the molecule is CC(C)NC(=O)NCCN1CCN(S(C)(=O)=O)CC1. The van der Waals surface area contributed by atoms with E-state index in [1.807, 2.05) is 13.8 Å². The molecule has 7 nitrogen and oxygen atoms in total. The second kappa shape index (κ2) is 7.06. The zero-order valence-electron chi connectivity index (χ0n) is 11.8. The van der Waals surface area contributed by atoms with E-state index in [1.165, 1.54) is 10.6 Å². The van der Waals surface area contributed by atoms with E-state index in [4.69, 9.17) is 0 Å². The van der Waals surface area contributed by atoms with Gasteiger partial charge in [-0.25, -0.2) is 13.2 Å². The maximum absolute atomic E-state index is 11.4. The van der Waals surface area contributed by atoms with Gasteiger partial charge in [0.25, 0.3) is 0 Å². The average molecular weight is 292 g/mol. The summed E-state index contributed by atoms with van der Waals surface area (Å²) in [6.45, 7) is 7.59. The van der Waals surface area contributed by atoms with E-state index in [-0.39, 0.29) is 12.1 Å². The van der Waals surface area contributed by atoms with Crippen molar-refractivity contribution in [2.24, 2.45) is 0 Å². The number of carbonyl (C=O) groups excluding carboxylic acids is 1. The van der Waals surface area contributed by atoms with Crippen molar-refractivity contribution < 1.29 is 13.2 Å². The van der Waals surface area contributed by atoms with Crippen LogP contribution in [0.15, 0.2) is 0 Å². The van der Waals surface area contributed by atoms with Crippen LogP contribution in [0.2, 0.25) is 0 Å². The van der Waals surface area contributed by atoms with Crippen molar-refractivity contribution >= 4 is 16.1 Å². The van der Waals surface area contributed by atoms with Gasteiger partial charge in [0, 0.05) is 45.3 Å². The largest absolute Gasteiger partial charge is 0.337 e. The summed E-state index contributed by atoms with van der Waals surface area (Å²) in [5.41, 5.74) is 0. The van der Waals surface area contributed by atoms with Crippen molar-refractivity contribution in [2.75, 3.05) is 45.5 Å². The molecule has 0 unspecified atom stereocenters. The van der Waals surface area contributed by atoms with Crippen molar-refractivity contribution in [1.82, 2.24) is 19.8 Å². The Balaban J connectivity index is 2.18. The molecule has 0 atom stereocenters. The Morgan fingerprint density at radius 2 is 1.79 bits per heavy atom. The standard InChI is InChI=1S/C11H24N4O3S/c1-10(2)13-11(16)12-4-5-14-6-8-15(9-7-14)19(3,17)18/h10H,4-9H2,1-3H3,(H2,12,13,16). The molecule has 0 spiro atoms. The quantitative estimate of drug-likeness (QED) is 0.700. The highest BCUT2D eigenvalue weighted by Gasteiger charge is 2.22. The van der Waals surface area contributed by atoms with Gasteiger partial charge in [-0.3, -0.25) is 4.90 Å². The van der Waals surface area contributed by atoms with E-state index in [0.717, 1.165) is 6.54 Å². The summed E-state index contributed by atoms with van der Waals surface area (Å²) in [6.07, 6.45) is 1.24. The van der Waals surface area contributed by atoms with Crippen LogP contribution in [0.1, 0.15) is 13.8 Å². The van der Waals surface area contributed by atoms with E-state index < -0.39 is 10.0 Å². The van der Waals surface area contributed by atoms with Gasteiger partial charge in [0.1, 0.15) is 0 Å². The number of urea groups is 1. The van der Waals surface area contributed by atoms with Crippen molar-refractivity contribution in [3.63, 3.8) is 0 Å². The summed E-state index contributed by atoms with van der Waals surface area (Å²) in [6, 6.07) is -0.0388. The van der Waals surface area contributed by atoms with Crippen LogP contribution in [-0.2, 0) is 10.0 Å². The van der Waals surface area contributed by atoms with E-state index in [2.05, 4.69) is 15.5 Å². The van der Waals surface area contributed by atoms with Gasteiger partial charge in [-0.05, 0) is 13.8 Å². The van der Waals surface area contributed by atoms with Crippen LogP contribution in [0.4, 0.5) is 4.79 Å². The van der Waals surface area contributed by atoms with Crippen molar-refractivity contribution in [2.45, 2.75) is 19.9 Å². The third-order valence-electron chi connectivity index (χ3n) is 2.93. The summed E-state index contributed by atoms with van der Waals surface area (Å²) >= 11 is 0. The second-order valence-corrected chi connectivity index (χ2v) is 7.04. The van der Waals surface area contributed by atoms with Gasteiger partial charge in [0.05, 0.1) is 6.26 Å². The van der Waals surface area contributed by atoms with Gasteiger partial charge < -0.3 is 10.6 Å². The number of hydrogen-bond donors (Lipinski definition) is 2. The third kappa shape index (κ3) is 6.22. The highest BCUT2D eigenvalue weighted by molar-refractivity contribution is 7.88. The summed E-state index contributed by atoms with van der Waals surface area (Å²) < 4.78 is 24.2.